The summed E-state index contributed by atoms with van der Waals surface area (Å²) in [4.78, 5) is 12.0. The predicted octanol–water partition coefficient (Wildman–Crippen LogP) is 1.46. The molecule has 0 aromatic carbocycles. The molecular weight excluding hydrogens is 228 g/mol. The molecule has 4 nitrogen and oxygen atoms in total. The minimum Gasteiger partial charge on any atom is -0.391 e. The van der Waals surface area contributed by atoms with Crippen LogP contribution in [0.3, 0.4) is 0 Å². The lowest BCUT2D eigenvalue weighted by molar-refractivity contribution is -0.124. The monoisotopic (exact) mass is 254 g/mol. The molecule has 4 heteroatoms. The Balaban J connectivity index is 1.80. The topological polar surface area (TPSA) is 75.4 Å². The van der Waals surface area contributed by atoms with E-state index in [0.29, 0.717) is 6.42 Å². The van der Waals surface area contributed by atoms with E-state index in [0.717, 1.165) is 51.4 Å². The third-order valence-corrected chi connectivity index (χ3v) is 4.44. The first-order chi connectivity index (χ1) is 8.59. The molecule has 2 rings (SSSR count). The Morgan fingerprint density at radius 3 is 2.50 bits per heavy atom. The molecule has 0 unspecified atom stereocenters. The van der Waals surface area contributed by atoms with Crippen LogP contribution >= 0.6 is 0 Å². The third kappa shape index (κ3) is 3.69. The van der Waals surface area contributed by atoms with Crippen LogP contribution in [-0.4, -0.2) is 28.7 Å². The lowest BCUT2D eigenvalue weighted by atomic mass is 9.80. The highest BCUT2D eigenvalue weighted by Crippen LogP contribution is 2.28. The van der Waals surface area contributed by atoms with Gasteiger partial charge >= 0.3 is 0 Å². The van der Waals surface area contributed by atoms with Crippen molar-refractivity contribution in [2.45, 2.75) is 81.9 Å². The van der Waals surface area contributed by atoms with Crippen LogP contribution in [0, 0.1) is 0 Å². The van der Waals surface area contributed by atoms with Gasteiger partial charge in [0.1, 0.15) is 0 Å². The minimum atomic E-state index is -0.372. The molecule has 2 aliphatic carbocycles. The number of carbonyl (C=O) groups excluding carboxylic acids is 1. The summed E-state index contributed by atoms with van der Waals surface area (Å²) in [5, 5.41) is 12.8. The normalized spacial score (nSPS) is 31.9. The molecule has 1 amide bonds. The molecule has 2 atom stereocenters. The first-order valence-electron chi connectivity index (χ1n) is 7.35. The zero-order valence-electron chi connectivity index (χ0n) is 11.2. The van der Waals surface area contributed by atoms with Crippen LogP contribution in [-0.2, 0) is 4.79 Å². The fourth-order valence-corrected chi connectivity index (χ4v) is 3.29. The second-order valence-corrected chi connectivity index (χ2v) is 6.13. The molecule has 0 saturated heterocycles. The van der Waals surface area contributed by atoms with Crippen LogP contribution in [0.1, 0.15) is 64.2 Å². The van der Waals surface area contributed by atoms with Gasteiger partial charge < -0.3 is 16.2 Å². The largest absolute Gasteiger partial charge is 0.391 e. The Bertz CT molecular complexity index is 288. The van der Waals surface area contributed by atoms with Gasteiger partial charge in [0, 0.05) is 12.0 Å². The molecule has 0 aliphatic heterocycles. The van der Waals surface area contributed by atoms with Crippen LogP contribution in [0.2, 0.25) is 0 Å². The maximum atomic E-state index is 12.0. The van der Waals surface area contributed by atoms with E-state index < -0.39 is 0 Å². The van der Waals surface area contributed by atoms with Crippen LogP contribution in [0.5, 0.6) is 0 Å². The summed E-state index contributed by atoms with van der Waals surface area (Å²) >= 11 is 0. The van der Waals surface area contributed by atoms with Gasteiger partial charge in [-0.25, -0.2) is 0 Å². The van der Waals surface area contributed by atoms with E-state index in [2.05, 4.69) is 5.32 Å². The van der Waals surface area contributed by atoms with Crippen LogP contribution in [0.25, 0.3) is 0 Å². The average molecular weight is 254 g/mol. The number of carbonyl (C=O) groups is 1. The summed E-state index contributed by atoms with van der Waals surface area (Å²) in [7, 11) is 0. The molecule has 0 heterocycles. The van der Waals surface area contributed by atoms with Gasteiger partial charge in [0.2, 0.25) is 5.91 Å². The Kier molecular flexibility index (Phi) is 4.62. The number of aliphatic hydroxyl groups is 1. The highest BCUT2D eigenvalue weighted by Gasteiger charge is 2.32. The van der Waals surface area contributed by atoms with Crippen molar-refractivity contribution >= 4 is 5.91 Å². The van der Waals surface area contributed by atoms with E-state index in [9.17, 15) is 9.90 Å². The van der Waals surface area contributed by atoms with Gasteiger partial charge in [-0.1, -0.05) is 32.1 Å². The van der Waals surface area contributed by atoms with Gasteiger partial charge in [-0.15, -0.1) is 0 Å². The minimum absolute atomic E-state index is 0.0188. The Morgan fingerprint density at radius 2 is 1.83 bits per heavy atom. The number of rotatable bonds is 3. The smallest absolute Gasteiger partial charge is 0.222 e. The summed E-state index contributed by atoms with van der Waals surface area (Å²) in [6.45, 7) is 0. The molecule has 0 bridgehead atoms. The molecule has 18 heavy (non-hydrogen) atoms. The highest BCUT2D eigenvalue weighted by atomic mass is 16.3. The Morgan fingerprint density at radius 1 is 1.17 bits per heavy atom. The average Bonchev–Trinajstić information content (AvgIpc) is 2.32. The van der Waals surface area contributed by atoms with Gasteiger partial charge in [-0.05, 0) is 25.7 Å². The van der Waals surface area contributed by atoms with Crippen molar-refractivity contribution in [1.82, 2.24) is 5.32 Å². The number of nitrogens with two attached hydrogens (primary N) is 1. The molecule has 0 aromatic heterocycles. The van der Waals surface area contributed by atoms with Crippen molar-refractivity contribution in [3.63, 3.8) is 0 Å². The van der Waals surface area contributed by atoms with Crippen molar-refractivity contribution in [3.8, 4) is 0 Å². The van der Waals surface area contributed by atoms with E-state index in [-0.39, 0.29) is 23.6 Å². The Labute approximate surface area is 109 Å². The summed E-state index contributed by atoms with van der Waals surface area (Å²) in [5.41, 5.74) is 5.97. The third-order valence-electron chi connectivity index (χ3n) is 4.44. The number of hydrogen-bond donors (Lipinski definition) is 3. The molecule has 2 fully saturated rings. The summed E-state index contributed by atoms with van der Waals surface area (Å²) in [6, 6.07) is -0.0570. The van der Waals surface area contributed by atoms with Crippen molar-refractivity contribution in [3.05, 3.63) is 0 Å². The molecule has 4 N–H and O–H groups in total. The summed E-state index contributed by atoms with van der Waals surface area (Å²) in [5.74, 6) is 0.0188. The van der Waals surface area contributed by atoms with Gasteiger partial charge in [0.05, 0.1) is 12.1 Å². The predicted molar refractivity (Wildman–Crippen MR) is 71.0 cm³/mol. The fraction of sp³-hybridized carbons (Fsp3) is 0.929. The molecule has 104 valence electrons. The van der Waals surface area contributed by atoms with Crippen LogP contribution in [0.4, 0.5) is 0 Å². The van der Waals surface area contributed by atoms with Crippen molar-refractivity contribution in [1.29, 1.82) is 0 Å². The number of amides is 1. The number of nitrogens with one attached hydrogen (secondary N) is 1. The fourth-order valence-electron chi connectivity index (χ4n) is 3.29. The van der Waals surface area contributed by atoms with Gasteiger partial charge in [0.25, 0.3) is 0 Å². The maximum absolute atomic E-state index is 12.0. The van der Waals surface area contributed by atoms with E-state index in [1.807, 2.05) is 0 Å². The number of hydrogen-bond acceptors (Lipinski definition) is 3. The zero-order valence-corrected chi connectivity index (χ0v) is 11.2. The van der Waals surface area contributed by atoms with E-state index in [1.54, 1.807) is 0 Å². The second-order valence-electron chi connectivity index (χ2n) is 6.13. The molecule has 2 saturated carbocycles. The van der Waals surface area contributed by atoms with Gasteiger partial charge in [-0.3, -0.25) is 4.79 Å². The number of aliphatic hydroxyl groups excluding tert-OH is 1. The van der Waals surface area contributed by atoms with E-state index in [4.69, 9.17) is 5.73 Å². The molecule has 0 radical (unpaired) electrons. The van der Waals surface area contributed by atoms with Crippen molar-refractivity contribution in [2.24, 2.45) is 5.73 Å². The molecule has 0 aromatic rings. The van der Waals surface area contributed by atoms with E-state index in [1.165, 1.54) is 6.42 Å². The lowest BCUT2D eigenvalue weighted by Crippen LogP contribution is -2.50. The van der Waals surface area contributed by atoms with Gasteiger partial charge in [0.15, 0.2) is 0 Å². The van der Waals surface area contributed by atoms with Crippen LogP contribution < -0.4 is 11.1 Å². The Hall–Kier alpha value is -0.610. The van der Waals surface area contributed by atoms with Gasteiger partial charge in [-0.2, -0.15) is 0 Å². The quantitative estimate of drug-likeness (QED) is 0.713. The second kappa shape index (κ2) is 6.02. The molecular formula is C14H26N2O2. The van der Waals surface area contributed by atoms with Crippen molar-refractivity contribution < 1.29 is 9.90 Å². The standard InChI is InChI=1S/C14H26N2O2/c15-14(8-4-1-5-9-14)10-13(18)16-11-6-2-3-7-12(11)17/h11-12,17H,1-10,15H2,(H,16,18)/t11-,12-/m0/s1. The molecule has 2 aliphatic rings. The first-order valence-corrected chi connectivity index (χ1v) is 7.35. The summed E-state index contributed by atoms with van der Waals surface area (Å²) < 4.78 is 0. The molecule has 0 spiro atoms. The first kappa shape index (κ1) is 13.8. The van der Waals surface area contributed by atoms with Crippen LogP contribution in [0.15, 0.2) is 0 Å². The highest BCUT2D eigenvalue weighted by molar-refractivity contribution is 5.77. The maximum Gasteiger partial charge on any atom is 0.222 e. The SMILES string of the molecule is NC1(CC(=O)N[C@H]2CCCC[C@@H]2O)CCCCC1. The summed E-state index contributed by atoms with van der Waals surface area (Å²) in [6.07, 6.45) is 9.31. The zero-order chi connectivity index (χ0) is 13.0. The van der Waals surface area contributed by atoms with E-state index >= 15 is 0 Å². The lowest BCUT2D eigenvalue weighted by Gasteiger charge is -2.34. The van der Waals surface area contributed by atoms with Crippen molar-refractivity contribution in [2.75, 3.05) is 0 Å².